The van der Waals surface area contributed by atoms with Gasteiger partial charge in [0.05, 0.1) is 16.8 Å². The Kier molecular flexibility index (Phi) is 4.05. The normalized spacial score (nSPS) is 11.0. The minimum Gasteiger partial charge on any atom is -0.488 e. The van der Waals surface area contributed by atoms with Crippen LogP contribution in [-0.4, -0.2) is 10.1 Å². The lowest BCUT2D eigenvalue weighted by Gasteiger charge is -2.13. The summed E-state index contributed by atoms with van der Waals surface area (Å²) in [7, 11) is 0. The molecule has 0 atom stereocenters. The molecular formula is C21H18N2O3. The fourth-order valence-electron chi connectivity index (χ4n) is 3.12. The first-order valence-electron chi connectivity index (χ1n) is 8.39. The molecule has 0 aliphatic carbocycles. The van der Waals surface area contributed by atoms with E-state index in [2.05, 4.69) is 10.1 Å². The second-order valence-electron chi connectivity index (χ2n) is 6.21. The van der Waals surface area contributed by atoms with Crippen molar-refractivity contribution >= 4 is 10.9 Å². The molecule has 26 heavy (non-hydrogen) atoms. The zero-order valence-corrected chi connectivity index (χ0v) is 14.6. The van der Waals surface area contributed by atoms with E-state index in [4.69, 9.17) is 9.26 Å². The first-order valence-corrected chi connectivity index (χ1v) is 8.39. The van der Waals surface area contributed by atoms with Gasteiger partial charge in [-0.2, -0.15) is 0 Å². The van der Waals surface area contributed by atoms with Crippen molar-refractivity contribution in [3.63, 3.8) is 0 Å². The summed E-state index contributed by atoms with van der Waals surface area (Å²) in [6, 6.07) is 15.1. The summed E-state index contributed by atoms with van der Waals surface area (Å²) in [4.78, 5) is 15.4. The van der Waals surface area contributed by atoms with Gasteiger partial charge in [0.2, 0.25) is 0 Å². The number of aromatic nitrogens is 2. The third-order valence-electron chi connectivity index (χ3n) is 4.40. The van der Waals surface area contributed by atoms with Crippen LogP contribution >= 0.6 is 0 Å². The van der Waals surface area contributed by atoms with Gasteiger partial charge in [-0.05, 0) is 31.5 Å². The number of aromatic amines is 1. The van der Waals surface area contributed by atoms with Gasteiger partial charge in [-0.3, -0.25) is 4.79 Å². The molecule has 0 bridgehead atoms. The van der Waals surface area contributed by atoms with Crippen molar-refractivity contribution in [1.82, 2.24) is 10.1 Å². The predicted octanol–water partition coefficient (Wildman–Crippen LogP) is 4.38. The second kappa shape index (κ2) is 6.52. The van der Waals surface area contributed by atoms with Crippen molar-refractivity contribution in [3.05, 3.63) is 82.0 Å². The van der Waals surface area contributed by atoms with Crippen molar-refractivity contribution in [2.75, 3.05) is 0 Å². The highest BCUT2D eigenvalue weighted by Crippen LogP contribution is 2.37. The van der Waals surface area contributed by atoms with Gasteiger partial charge in [0.1, 0.15) is 18.1 Å². The average molecular weight is 346 g/mol. The molecule has 0 spiro atoms. The highest BCUT2D eigenvalue weighted by atomic mass is 16.5. The van der Waals surface area contributed by atoms with Crippen molar-refractivity contribution < 1.29 is 9.26 Å². The molecule has 0 fully saturated rings. The van der Waals surface area contributed by atoms with Gasteiger partial charge < -0.3 is 14.2 Å². The molecule has 0 aliphatic heterocycles. The SMILES string of the molecule is Cc1noc(C)c1-c1cc2[nH]ccc(=O)c2cc1OCc1ccccc1. The minimum absolute atomic E-state index is 0.0476. The van der Waals surface area contributed by atoms with Crippen LogP contribution in [0.5, 0.6) is 5.75 Å². The molecule has 0 aliphatic rings. The van der Waals surface area contributed by atoms with Crippen LogP contribution in [0.2, 0.25) is 0 Å². The molecule has 0 saturated heterocycles. The summed E-state index contributed by atoms with van der Waals surface area (Å²) in [5, 5.41) is 4.64. The van der Waals surface area contributed by atoms with E-state index in [9.17, 15) is 4.79 Å². The maximum absolute atomic E-state index is 12.2. The van der Waals surface area contributed by atoms with E-state index in [1.807, 2.05) is 50.2 Å². The number of nitrogens with zero attached hydrogens (tertiary/aromatic N) is 1. The number of benzene rings is 2. The number of aryl methyl sites for hydroxylation is 2. The molecule has 5 nitrogen and oxygen atoms in total. The standard InChI is InChI=1S/C21H18N2O3/c1-13-21(14(2)26-23-13)17-10-18-16(19(24)8-9-22-18)11-20(17)25-12-15-6-4-3-5-7-15/h3-11H,12H2,1-2H3,(H,22,24). The van der Waals surface area contributed by atoms with Crippen molar-refractivity contribution in [1.29, 1.82) is 0 Å². The van der Waals surface area contributed by atoms with Gasteiger partial charge in [-0.15, -0.1) is 0 Å². The summed E-state index contributed by atoms with van der Waals surface area (Å²) in [5.41, 5.74) is 4.28. The highest BCUT2D eigenvalue weighted by Gasteiger charge is 2.18. The monoisotopic (exact) mass is 346 g/mol. The van der Waals surface area contributed by atoms with Gasteiger partial charge in [0, 0.05) is 23.2 Å². The molecule has 2 aromatic heterocycles. The minimum atomic E-state index is -0.0476. The second-order valence-corrected chi connectivity index (χ2v) is 6.21. The predicted molar refractivity (Wildman–Crippen MR) is 100 cm³/mol. The first-order chi connectivity index (χ1) is 12.6. The van der Waals surface area contributed by atoms with Gasteiger partial charge in [-0.25, -0.2) is 0 Å². The highest BCUT2D eigenvalue weighted by molar-refractivity contribution is 5.88. The van der Waals surface area contributed by atoms with E-state index in [1.165, 1.54) is 6.07 Å². The zero-order valence-electron chi connectivity index (χ0n) is 14.6. The Morgan fingerprint density at radius 1 is 1.12 bits per heavy atom. The van der Waals surface area contributed by atoms with E-state index >= 15 is 0 Å². The van der Waals surface area contributed by atoms with Crippen LogP contribution in [0, 0.1) is 13.8 Å². The number of rotatable bonds is 4. The molecule has 4 rings (SSSR count). The van der Waals surface area contributed by atoms with Crippen LogP contribution in [0.25, 0.3) is 22.0 Å². The molecule has 130 valence electrons. The fourth-order valence-corrected chi connectivity index (χ4v) is 3.12. The molecule has 0 unspecified atom stereocenters. The Bertz CT molecular complexity index is 1110. The van der Waals surface area contributed by atoms with Crippen molar-refractivity contribution in [2.24, 2.45) is 0 Å². The van der Waals surface area contributed by atoms with E-state index < -0.39 is 0 Å². The first kappa shape index (κ1) is 16.1. The Labute approximate surface area is 150 Å². The Morgan fingerprint density at radius 2 is 1.92 bits per heavy atom. The Balaban J connectivity index is 1.86. The maximum atomic E-state index is 12.2. The number of fused-ring (bicyclic) bond motifs is 1. The molecule has 0 amide bonds. The topological polar surface area (TPSA) is 68.1 Å². The van der Waals surface area contributed by atoms with Crippen LogP contribution in [0.15, 0.2) is 64.0 Å². The van der Waals surface area contributed by atoms with Crippen molar-refractivity contribution in [3.8, 4) is 16.9 Å². The van der Waals surface area contributed by atoms with Gasteiger partial charge in [0.15, 0.2) is 5.43 Å². The lowest BCUT2D eigenvalue weighted by molar-refractivity contribution is 0.308. The van der Waals surface area contributed by atoms with E-state index in [1.54, 1.807) is 12.3 Å². The van der Waals surface area contributed by atoms with Gasteiger partial charge >= 0.3 is 0 Å². The third kappa shape index (κ3) is 2.88. The van der Waals surface area contributed by atoms with Crippen molar-refractivity contribution in [2.45, 2.75) is 20.5 Å². The Morgan fingerprint density at radius 3 is 2.65 bits per heavy atom. The third-order valence-corrected chi connectivity index (χ3v) is 4.40. The number of H-pyrrole nitrogens is 1. The molecule has 4 aromatic rings. The largest absolute Gasteiger partial charge is 0.488 e. The Hall–Kier alpha value is -3.34. The number of pyridine rings is 1. The van der Waals surface area contributed by atoms with E-state index in [-0.39, 0.29) is 5.43 Å². The summed E-state index contributed by atoms with van der Waals surface area (Å²) < 4.78 is 11.4. The molecule has 0 saturated carbocycles. The van der Waals surface area contributed by atoms with Crippen LogP contribution in [0.4, 0.5) is 0 Å². The molecule has 0 radical (unpaired) electrons. The van der Waals surface area contributed by atoms with E-state index in [0.717, 1.165) is 27.9 Å². The lowest BCUT2D eigenvalue weighted by Crippen LogP contribution is -2.03. The number of ether oxygens (including phenoxy) is 1. The van der Waals surface area contributed by atoms with Crippen LogP contribution in [-0.2, 0) is 6.61 Å². The lowest BCUT2D eigenvalue weighted by atomic mass is 10.0. The molecule has 5 heteroatoms. The van der Waals surface area contributed by atoms with Crippen LogP contribution in [0.1, 0.15) is 17.0 Å². The summed E-state index contributed by atoms with van der Waals surface area (Å²) in [6.45, 7) is 4.17. The number of nitrogens with one attached hydrogen (secondary N) is 1. The molecule has 1 N–H and O–H groups in total. The van der Waals surface area contributed by atoms with Crippen LogP contribution < -0.4 is 10.2 Å². The quantitative estimate of drug-likeness (QED) is 0.595. The van der Waals surface area contributed by atoms with Crippen LogP contribution in [0.3, 0.4) is 0 Å². The average Bonchev–Trinajstić information content (AvgIpc) is 2.99. The summed E-state index contributed by atoms with van der Waals surface area (Å²) in [5.74, 6) is 1.34. The zero-order chi connectivity index (χ0) is 18.1. The molecule has 2 heterocycles. The summed E-state index contributed by atoms with van der Waals surface area (Å²) >= 11 is 0. The smallest absolute Gasteiger partial charge is 0.189 e. The van der Waals surface area contributed by atoms with E-state index in [0.29, 0.717) is 23.5 Å². The molecular weight excluding hydrogens is 328 g/mol. The fraction of sp³-hybridized carbons (Fsp3) is 0.143. The maximum Gasteiger partial charge on any atom is 0.189 e. The van der Waals surface area contributed by atoms with Gasteiger partial charge in [0.25, 0.3) is 0 Å². The number of hydrogen-bond donors (Lipinski definition) is 1. The summed E-state index contributed by atoms with van der Waals surface area (Å²) in [6.07, 6.45) is 1.65. The number of hydrogen-bond acceptors (Lipinski definition) is 4. The van der Waals surface area contributed by atoms with Gasteiger partial charge in [-0.1, -0.05) is 35.5 Å². The molecule has 2 aromatic carbocycles.